The molecule has 0 aromatic heterocycles. The molecule has 1 saturated carbocycles. The Kier molecular flexibility index (Phi) is 6.98. The maximum absolute atomic E-state index is 12.3. The first-order chi connectivity index (χ1) is 12.0. The smallest absolute Gasteiger partial charge is 0.326 e. The highest BCUT2D eigenvalue weighted by molar-refractivity contribution is 5.97. The van der Waals surface area contributed by atoms with Gasteiger partial charge in [-0.25, -0.2) is 0 Å². The summed E-state index contributed by atoms with van der Waals surface area (Å²) < 4.78 is 5.15. The monoisotopic (exact) mass is 346 g/mol. The predicted octanol–water partition coefficient (Wildman–Crippen LogP) is 2.28. The zero-order chi connectivity index (χ0) is 18.2. The Morgan fingerprint density at radius 3 is 2.44 bits per heavy atom. The van der Waals surface area contributed by atoms with Gasteiger partial charge in [-0.15, -0.1) is 0 Å². The molecule has 0 aliphatic heterocycles. The second kappa shape index (κ2) is 9.20. The molecule has 6 nitrogen and oxygen atoms in total. The summed E-state index contributed by atoms with van der Waals surface area (Å²) in [6, 6.07) is 9.13. The molecule has 0 radical (unpaired) electrons. The third kappa shape index (κ3) is 5.59. The van der Waals surface area contributed by atoms with Crippen molar-refractivity contribution in [2.75, 3.05) is 18.5 Å². The van der Waals surface area contributed by atoms with Crippen molar-refractivity contribution < 1.29 is 19.1 Å². The molecule has 0 heterocycles. The molecule has 1 aliphatic carbocycles. The number of hydrogen-bond donors (Lipinski definition) is 1. The van der Waals surface area contributed by atoms with Crippen molar-refractivity contribution in [3.05, 3.63) is 30.3 Å². The lowest BCUT2D eigenvalue weighted by Gasteiger charge is -2.22. The first-order valence-corrected chi connectivity index (χ1v) is 8.79. The second-order valence-electron chi connectivity index (χ2n) is 6.42. The number of anilines is 1. The maximum atomic E-state index is 12.3. The van der Waals surface area contributed by atoms with Crippen LogP contribution in [0.3, 0.4) is 0 Å². The number of ether oxygens (including phenoxy) is 1. The Hall–Kier alpha value is -2.37. The highest BCUT2D eigenvalue weighted by atomic mass is 16.5. The fourth-order valence-electron chi connectivity index (χ4n) is 3.01. The Bertz CT molecular complexity index is 597. The molecule has 1 N–H and O–H groups in total. The lowest BCUT2D eigenvalue weighted by Crippen LogP contribution is -2.41. The van der Waals surface area contributed by atoms with Gasteiger partial charge in [0.25, 0.3) is 5.91 Å². The third-order valence-electron chi connectivity index (χ3n) is 4.51. The molecule has 0 saturated heterocycles. The van der Waals surface area contributed by atoms with Gasteiger partial charge in [0, 0.05) is 18.7 Å². The van der Waals surface area contributed by atoms with Crippen LogP contribution < -0.4 is 10.2 Å². The summed E-state index contributed by atoms with van der Waals surface area (Å²) in [5.41, 5.74) is 0.723. The van der Waals surface area contributed by atoms with Crippen LogP contribution in [-0.4, -0.2) is 37.5 Å². The first kappa shape index (κ1) is 19.0. The van der Waals surface area contributed by atoms with E-state index in [1.54, 1.807) is 19.2 Å². The van der Waals surface area contributed by atoms with Crippen LogP contribution in [0.2, 0.25) is 0 Å². The summed E-state index contributed by atoms with van der Waals surface area (Å²) >= 11 is 0. The fraction of sp³-hybridized carbons (Fsp3) is 0.526. The topological polar surface area (TPSA) is 75.7 Å². The van der Waals surface area contributed by atoms with Crippen LogP contribution in [0, 0.1) is 5.92 Å². The second-order valence-corrected chi connectivity index (χ2v) is 6.42. The molecule has 6 heteroatoms. The largest absolute Gasteiger partial charge is 0.451 e. The molecule has 1 aromatic carbocycles. The van der Waals surface area contributed by atoms with Gasteiger partial charge < -0.3 is 15.0 Å². The zero-order valence-corrected chi connectivity index (χ0v) is 14.9. The summed E-state index contributed by atoms with van der Waals surface area (Å²) in [6.45, 7) is 1.32. The van der Waals surface area contributed by atoms with Crippen molar-refractivity contribution in [2.24, 2.45) is 5.92 Å². The molecule has 1 atom stereocenters. The molecule has 1 aliphatic rings. The summed E-state index contributed by atoms with van der Waals surface area (Å²) in [5.74, 6) is -1.04. The van der Waals surface area contributed by atoms with E-state index in [0.717, 1.165) is 31.4 Å². The minimum absolute atomic E-state index is 0.00943. The number of hydrogen-bond acceptors (Lipinski definition) is 4. The standard InChI is InChI=1S/C19H26N2O4/c1-14(19(24)21(2)16-11-7-4-8-12-16)25-17(22)13-20-18(23)15-9-5-3-6-10-15/h4,7-8,11-12,14-15H,3,5-6,9-10,13H2,1-2H3,(H,20,23). The third-order valence-corrected chi connectivity index (χ3v) is 4.51. The zero-order valence-electron chi connectivity index (χ0n) is 14.9. The molecule has 0 spiro atoms. The summed E-state index contributed by atoms with van der Waals surface area (Å²) in [4.78, 5) is 37.7. The molecule has 1 aromatic rings. The van der Waals surface area contributed by atoms with Gasteiger partial charge in [-0.05, 0) is 31.9 Å². The summed E-state index contributed by atoms with van der Waals surface area (Å²) in [5, 5.41) is 2.62. The average Bonchev–Trinajstić information content (AvgIpc) is 2.66. The van der Waals surface area contributed by atoms with E-state index in [0.29, 0.717) is 0 Å². The molecular weight excluding hydrogens is 320 g/mol. The minimum atomic E-state index is -0.913. The Balaban J connectivity index is 1.77. The first-order valence-electron chi connectivity index (χ1n) is 8.79. The van der Waals surface area contributed by atoms with E-state index in [4.69, 9.17) is 4.74 Å². The van der Waals surface area contributed by atoms with Gasteiger partial charge in [-0.3, -0.25) is 14.4 Å². The number of benzene rings is 1. The van der Waals surface area contributed by atoms with Crippen LogP contribution in [0.1, 0.15) is 39.0 Å². The number of rotatable bonds is 6. The summed E-state index contributed by atoms with van der Waals surface area (Å²) in [7, 11) is 1.63. The molecule has 2 amide bonds. The lowest BCUT2D eigenvalue weighted by molar-refractivity contribution is -0.153. The van der Waals surface area contributed by atoms with Crippen LogP contribution in [0.25, 0.3) is 0 Å². The Morgan fingerprint density at radius 1 is 1.16 bits per heavy atom. The molecule has 1 unspecified atom stereocenters. The fourth-order valence-corrected chi connectivity index (χ4v) is 3.01. The lowest BCUT2D eigenvalue weighted by atomic mass is 9.89. The van der Waals surface area contributed by atoms with E-state index in [1.807, 2.05) is 18.2 Å². The summed E-state index contributed by atoms with van der Waals surface area (Å²) in [6.07, 6.45) is 4.11. The van der Waals surface area contributed by atoms with Crippen molar-refractivity contribution in [3.63, 3.8) is 0 Å². The van der Waals surface area contributed by atoms with Crippen molar-refractivity contribution >= 4 is 23.5 Å². The number of likely N-dealkylation sites (N-methyl/N-ethyl adjacent to an activating group) is 1. The number of para-hydroxylation sites is 1. The molecule has 2 rings (SSSR count). The van der Waals surface area contributed by atoms with Crippen LogP contribution in [-0.2, 0) is 19.1 Å². The highest BCUT2D eigenvalue weighted by Gasteiger charge is 2.24. The van der Waals surface area contributed by atoms with Crippen molar-refractivity contribution in [1.29, 1.82) is 0 Å². The van der Waals surface area contributed by atoms with Gasteiger partial charge in [0.05, 0.1) is 0 Å². The van der Waals surface area contributed by atoms with Gasteiger partial charge >= 0.3 is 5.97 Å². The Labute approximate surface area is 148 Å². The quantitative estimate of drug-likeness (QED) is 0.802. The SMILES string of the molecule is CC(OC(=O)CNC(=O)C1CCCCC1)C(=O)N(C)c1ccccc1. The van der Waals surface area contributed by atoms with E-state index >= 15 is 0 Å². The van der Waals surface area contributed by atoms with E-state index < -0.39 is 12.1 Å². The number of carbonyl (C=O) groups excluding carboxylic acids is 3. The Morgan fingerprint density at radius 2 is 1.80 bits per heavy atom. The molecule has 0 bridgehead atoms. The van der Waals surface area contributed by atoms with E-state index in [1.165, 1.54) is 18.2 Å². The predicted molar refractivity (Wildman–Crippen MR) is 95.0 cm³/mol. The maximum Gasteiger partial charge on any atom is 0.326 e. The van der Waals surface area contributed by atoms with Crippen molar-refractivity contribution in [3.8, 4) is 0 Å². The molecular formula is C19H26N2O4. The van der Waals surface area contributed by atoms with Gasteiger partial charge in [-0.1, -0.05) is 37.5 Å². The van der Waals surface area contributed by atoms with Crippen molar-refractivity contribution in [2.45, 2.75) is 45.1 Å². The van der Waals surface area contributed by atoms with Gasteiger partial charge in [0.15, 0.2) is 6.10 Å². The van der Waals surface area contributed by atoms with Crippen LogP contribution >= 0.6 is 0 Å². The van der Waals surface area contributed by atoms with E-state index in [9.17, 15) is 14.4 Å². The average molecular weight is 346 g/mol. The number of esters is 1. The molecule has 1 fully saturated rings. The van der Waals surface area contributed by atoms with Crippen molar-refractivity contribution in [1.82, 2.24) is 5.32 Å². The highest BCUT2D eigenvalue weighted by Crippen LogP contribution is 2.23. The number of carbonyl (C=O) groups is 3. The molecule has 25 heavy (non-hydrogen) atoms. The number of nitrogens with zero attached hydrogens (tertiary/aromatic N) is 1. The number of nitrogens with one attached hydrogen (secondary N) is 1. The van der Waals surface area contributed by atoms with Gasteiger partial charge in [-0.2, -0.15) is 0 Å². The number of amides is 2. The van der Waals surface area contributed by atoms with Crippen LogP contribution in [0.4, 0.5) is 5.69 Å². The van der Waals surface area contributed by atoms with E-state index in [2.05, 4.69) is 5.32 Å². The van der Waals surface area contributed by atoms with E-state index in [-0.39, 0.29) is 24.3 Å². The van der Waals surface area contributed by atoms with Gasteiger partial charge in [0.1, 0.15) is 6.54 Å². The van der Waals surface area contributed by atoms with Crippen LogP contribution in [0.15, 0.2) is 30.3 Å². The van der Waals surface area contributed by atoms with Crippen LogP contribution in [0.5, 0.6) is 0 Å². The van der Waals surface area contributed by atoms with Gasteiger partial charge in [0.2, 0.25) is 5.91 Å². The molecule has 136 valence electrons. The normalized spacial score (nSPS) is 15.9. The minimum Gasteiger partial charge on any atom is -0.451 e.